The molecule has 6 atom stereocenters. The molecule has 0 radical (unpaired) electrons. The van der Waals surface area contributed by atoms with Crippen LogP contribution in [0.4, 0.5) is 10.1 Å². The number of nitrogens with zero attached hydrogens (tertiary/aromatic N) is 1. The third-order valence-corrected chi connectivity index (χ3v) is 8.56. The number of fused-ring (bicyclic) bond motifs is 3. The maximum Gasteiger partial charge on any atom is 0.338 e. The molecule has 11 heteroatoms. The van der Waals surface area contributed by atoms with E-state index in [1.807, 2.05) is 34.6 Å². The smallest absolute Gasteiger partial charge is 0.338 e. The lowest BCUT2D eigenvalue weighted by Crippen LogP contribution is -2.56. The minimum absolute atomic E-state index is 0.0527. The van der Waals surface area contributed by atoms with Crippen molar-refractivity contribution in [2.45, 2.75) is 82.3 Å². The zero-order valence-corrected chi connectivity index (χ0v) is 23.7. The summed E-state index contributed by atoms with van der Waals surface area (Å²) in [6, 6.07) is 11.2. The Hall–Kier alpha value is -2.54. The number of carbonyl (C=O) groups excluding carboxylic acids is 2. The molecule has 4 heterocycles. The van der Waals surface area contributed by atoms with Gasteiger partial charge in [0.25, 0.3) is 0 Å². The van der Waals surface area contributed by atoms with Crippen LogP contribution >= 0.6 is 11.8 Å². The van der Waals surface area contributed by atoms with Crippen LogP contribution in [0.15, 0.2) is 42.5 Å². The summed E-state index contributed by atoms with van der Waals surface area (Å²) in [6.45, 7) is 9.02. The van der Waals surface area contributed by atoms with Crippen LogP contribution in [0.1, 0.15) is 54.6 Å². The molecule has 9 nitrogen and oxygen atoms in total. The first-order valence-corrected chi connectivity index (χ1v) is 14.3. The van der Waals surface area contributed by atoms with Crippen molar-refractivity contribution >= 4 is 29.3 Å². The summed E-state index contributed by atoms with van der Waals surface area (Å²) >= 11 is 1.48. The van der Waals surface area contributed by atoms with Crippen LogP contribution < -0.4 is 4.90 Å². The molecule has 0 spiro atoms. The Morgan fingerprint density at radius 2 is 1.68 bits per heavy atom. The number of rotatable bonds is 5. The molecule has 0 aromatic heterocycles. The standard InChI is InChI=1S/C29H32FNO8S/c1-15-12-17(8-11-19(15)31-21(32)14-40-25(31)16-6-9-18(30)10-7-16)26(33)34-13-20-22-23(37-28(2,3)36-22)24-27(35-20)39-29(4,5)38-24/h6-12,20,22-25,27H,13-14H2,1-5H3/t20-,22+,23+,24-,25?,27?/m1/s1. The molecular formula is C29H32FNO8S. The number of carbonyl (C=O) groups is 2. The van der Waals surface area contributed by atoms with Crippen molar-refractivity contribution < 1.29 is 42.4 Å². The maximum atomic E-state index is 13.5. The molecule has 4 aliphatic rings. The van der Waals surface area contributed by atoms with Crippen molar-refractivity contribution in [3.05, 3.63) is 65.0 Å². The van der Waals surface area contributed by atoms with E-state index in [0.717, 1.165) is 11.1 Å². The van der Waals surface area contributed by atoms with E-state index in [9.17, 15) is 14.0 Å². The van der Waals surface area contributed by atoms with Gasteiger partial charge in [-0.15, -0.1) is 11.8 Å². The fourth-order valence-corrected chi connectivity index (χ4v) is 6.85. The lowest BCUT2D eigenvalue weighted by atomic mass is 9.99. The largest absolute Gasteiger partial charge is 0.459 e. The first kappa shape index (κ1) is 27.6. The third kappa shape index (κ3) is 5.15. The van der Waals surface area contributed by atoms with Gasteiger partial charge >= 0.3 is 5.97 Å². The Bertz CT molecular complexity index is 1320. The van der Waals surface area contributed by atoms with Crippen LogP contribution in [0.3, 0.4) is 0 Å². The highest BCUT2D eigenvalue weighted by Gasteiger charge is 2.60. The van der Waals surface area contributed by atoms with Gasteiger partial charge in [-0.1, -0.05) is 12.1 Å². The molecule has 214 valence electrons. The van der Waals surface area contributed by atoms with Gasteiger partial charge in [-0.25, -0.2) is 9.18 Å². The molecule has 4 aliphatic heterocycles. The van der Waals surface area contributed by atoms with Crippen molar-refractivity contribution in [2.75, 3.05) is 17.3 Å². The SMILES string of the molecule is Cc1cc(C(=O)OC[C@H]2OC3OC(C)(C)O[C@@H]3[C@H]3OC(C)(C)O[C@H]32)ccc1N1C(=O)CSC1c1ccc(F)cc1. The fraction of sp³-hybridized carbons (Fsp3) is 0.517. The number of benzene rings is 2. The molecule has 1 amide bonds. The minimum Gasteiger partial charge on any atom is -0.459 e. The summed E-state index contributed by atoms with van der Waals surface area (Å²) in [6.07, 6.45) is -2.71. The fourth-order valence-electron chi connectivity index (χ4n) is 5.68. The zero-order valence-electron chi connectivity index (χ0n) is 22.9. The van der Waals surface area contributed by atoms with Crippen molar-refractivity contribution in [3.63, 3.8) is 0 Å². The zero-order chi connectivity index (χ0) is 28.4. The lowest BCUT2D eigenvalue weighted by Gasteiger charge is -2.36. The molecule has 40 heavy (non-hydrogen) atoms. The van der Waals surface area contributed by atoms with Crippen molar-refractivity contribution in [3.8, 4) is 0 Å². The van der Waals surface area contributed by atoms with Gasteiger partial charge in [0, 0.05) is 5.69 Å². The molecule has 4 fully saturated rings. The number of hydrogen-bond donors (Lipinski definition) is 0. The van der Waals surface area contributed by atoms with Gasteiger partial charge in [0.15, 0.2) is 17.9 Å². The number of esters is 1. The van der Waals surface area contributed by atoms with E-state index < -0.39 is 48.2 Å². The van der Waals surface area contributed by atoms with Crippen LogP contribution in [0.25, 0.3) is 0 Å². The topological polar surface area (TPSA) is 92.8 Å². The van der Waals surface area contributed by atoms with Gasteiger partial charge in [-0.2, -0.15) is 0 Å². The summed E-state index contributed by atoms with van der Waals surface area (Å²) in [5.74, 6) is -2.30. The molecule has 2 unspecified atom stereocenters. The van der Waals surface area contributed by atoms with Crippen molar-refractivity contribution in [1.29, 1.82) is 0 Å². The van der Waals surface area contributed by atoms with E-state index in [1.165, 1.54) is 23.9 Å². The minimum atomic E-state index is -0.851. The number of aryl methyl sites for hydroxylation is 1. The van der Waals surface area contributed by atoms with E-state index in [1.54, 1.807) is 35.2 Å². The summed E-state index contributed by atoms with van der Waals surface area (Å²) in [7, 11) is 0. The van der Waals surface area contributed by atoms with Crippen LogP contribution in [-0.2, 0) is 33.2 Å². The van der Waals surface area contributed by atoms with Gasteiger partial charge < -0.3 is 28.4 Å². The molecule has 2 aromatic carbocycles. The summed E-state index contributed by atoms with van der Waals surface area (Å²) < 4.78 is 49.4. The number of halogens is 1. The third-order valence-electron chi connectivity index (χ3n) is 7.34. The first-order valence-electron chi connectivity index (χ1n) is 13.2. The average Bonchev–Trinajstić information content (AvgIpc) is 3.53. The number of ether oxygens (including phenoxy) is 6. The first-order chi connectivity index (χ1) is 18.9. The average molecular weight is 574 g/mol. The van der Waals surface area contributed by atoms with Gasteiger partial charge in [-0.3, -0.25) is 9.69 Å². The Morgan fingerprint density at radius 1 is 1.00 bits per heavy atom. The molecule has 0 aliphatic carbocycles. The van der Waals surface area contributed by atoms with E-state index in [0.29, 0.717) is 17.0 Å². The predicted molar refractivity (Wildman–Crippen MR) is 143 cm³/mol. The monoisotopic (exact) mass is 573 g/mol. The number of thioether (sulfide) groups is 1. The molecule has 0 saturated carbocycles. The quantitative estimate of drug-likeness (QED) is 0.481. The second-order valence-electron chi connectivity index (χ2n) is 11.3. The second-order valence-corrected chi connectivity index (χ2v) is 12.4. The Kier molecular flexibility index (Phi) is 6.96. The summed E-state index contributed by atoms with van der Waals surface area (Å²) in [5, 5.41) is -0.283. The van der Waals surface area contributed by atoms with Crippen molar-refractivity contribution in [2.24, 2.45) is 0 Å². The van der Waals surface area contributed by atoms with Crippen LogP contribution in [-0.4, -0.2) is 66.5 Å². The van der Waals surface area contributed by atoms with Crippen LogP contribution in [0.2, 0.25) is 0 Å². The van der Waals surface area contributed by atoms with E-state index >= 15 is 0 Å². The second kappa shape index (κ2) is 10.1. The highest BCUT2D eigenvalue weighted by Crippen LogP contribution is 2.45. The molecule has 6 rings (SSSR count). The lowest BCUT2D eigenvalue weighted by molar-refractivity contribution is -0.240. The molecular weight excluding hydrogens is 541 g/mol. The number of amides is 1. The Labute approximate surface area is 236 Å². The van der Waals surface area contributed by atoms with Crippen LogP contribution in [0.5, 0.6) is 0 Å². The number of hydrogen-bond acceptors (Lipinski definition) is 9. The van der Waals surface area contributed by atoms with Crippen LogP contribution in [0, 0.1) is 12.7 Å². The normalized spacial score (nSPS) is 32.1. The van der Waals surface area contributed by atoms with E-state index in [2.05, 4.69) is 0 Å². The van der Waals surface area contributed by atoms with E-state index in [-0.39, 0.29) is 23.7 Å². The summed E-state index contributed by atoms with van der Waals surface area (Å²) in [4.78, 5) is 27.6. The van der Waals surface area contributed by atoms with Gasteiger partial charge in [0.1, 0.15) is 42.2 Å². The maximum absolute atomic E-state index is 13.5. The number of anilines is 1. The highest BCUT2D eigenvalue weighted by molar-refractivity contribution is 8.00. The van der Waals surface area contributed by atoms with Gasteiger partial charge in [0.05, 0.1) is 11.3 Å². The van der Waals surface area contributed by atoms with Crippen molar-refractivity contribution in [1.82, 2.24) is 0 Å². The molecule has 0 bridgehead atoms. The molecule has 2 aromatic rings. The molecule has 0 N–H and O–H groups in total. The summed E-state index contributed by atoms with van der Waals surface area (Å²) in [5.41, 5.74) is 2.59. The van der Waals surface area contributed by atoms with Gasteiger partial charge in [-0.05, 0) is 76.1 Å². The molecule has 4 saturated heterocycles. The van der Waals surface area contributed by atoms with E-state index in [4.69, 9.17) is 28.4 Å². The Morgan fingerprint density at radius 3 is 2.40 bits per heavy atom. The van der Waals surface area contributed by atoms with Gasteiger partial charge in [0.2, 0.25) is 5.91 Å². The highest BCUT2D eigenvalue weighted by atomic mass is 32.2. The predicted octanol–water partition coefficient (Wildman–Crippen LogP) is 4.47. The Balaban J connectivity index is 1.16.